The molecule has 0 amide bonds. The summed E-state index contributed by atoms with van der Waals surface area (Å²) in [5.41, 5.74) is -1.17. The lowest BCUT2D eigenvalue weighted by atomic mass is 10.0. The number of phenolic OH excluding ortho intramolecular Hbond substituents is 1. The van der Waals surface area contributed by atoms with Gasteiger partial charge in [-0.3, -0.25) is 4.68 Å². The van der Waals surface area contributed by atoms with Crippen molar-refractivity contribution in [3.05, 3.63) is 35.5 Å². The zero-order valence-corrected chi connectivity index (χ0v) is 15.9. The van der Waals surface area contributed by atoms with Crippen LogP contribution in [0.2, 0.25) is 0 Å². The van der Waals surface area contributed by atoms with Crippen LogP contribution in [-0.2, 0) is 18.0 Å². The number of aryl methyl sites for hydroxylation is 1. The van der Waals surface area contributed by atoms with Crippen molar-refractivity contribution in [2.24, 2.45) is 7.05 Å². The number of nitrogens with zero attached hydrogens (tertiary/aromatic N) is 4. The van der Waals surface area contributed by atoms with Gasteiger partial charge in [0.1, 0.15) is 18.0 Å². The van der Waals surface area contributed by atoms with Crippen molar-refractivity contribution >= 4 is 22.4 Å². The van der Waals surface area contributed by atoms with E-state index < -0.39 is 34.7 Å². The highest BCUT2D eigenvalue weighted by Crippen LogP contribution is 2.41. The fraction of sp³-hybridized carbons (Fsp3) is 0.316. The van der Waals surface area contributed by atoms with Gasteiger partial charge in [0.15, 0.2) is 23.6 Å². The number of alkyl halides is 3. The summed E-state index contributed by atoms with van der Waals surface area (Å²) in [4.78, 5) is 4.31. The molecule has 6 nitrogen and oxygen atoms in total. The van der Waals surface area contributed by atoms with Gasteiger partial charge in [0.25, 0.3) is 0 Å². The quantitative estimate of drug-likeness (QED) is 0.500. The maximum atomic E-state index is 14.5. The highest BCUT2D eigenvalue weighted by Gasteiger charge is 2.38. The van der Waals surface area contributed by atoms with Crippen molar-refractivity contribution in [3.8, 4) is 17.0 Å². The molecule has 0 saturated carbocycles. The van der Waals surface area contributed by atoms with Crippen LogP contribution in [0.1, 0.15) is 12.0 Å². The van der Waals surface area contributed by atoms with Crippen LogP contribution in [0.15, 0.2) is 18.3 Å². The average molecular weight is 427 g/mol. The van der Waals surface area contributed by atoms with Crippen molar-refractivity contribution in [3.63, 3.8) is 0 Å². The standard InChI is InChI=1S/C19H15F5N4O2/c1-27(9-3-4-30-8-9)14-6-13-11(7-25-14)17(26-28(13)2)10-5-12(19(22,23)24)16(21)18(29)15(10)20/h5-7H,3-4,8H2,1-2H3/p+1. The zero-order chi connectivity index (χ0) is 21.8. The van der Waals surface area contributed by atoms with Gasteiger partial charge in [-0.15, -0.1) is 0 Å². The SMILES string of the molecule is Cn1nc(-c2cc(C(F)(F)F)c(F)c(O)c2F)c2cnc([N+](C)=C3CCOC3)cc21. The summed E-state index contributed by atoms with van der Waals surface area (Å²) in [5, 5.41) is 13.9. The third-order valence-corrected chi connectivity index (χ3v) is 5.08. The van der Waals surface area contributed by atoms with Gasteiger partial charge >= 0.3 is 12.0 Å². The fourth-order valence-corrected chi connectivity index (χ4v) is 3.40. The minimum atomic E-state index is -5.12. The molecule has 0 spiro atoms. The molecule has 1 saturated heterocycles. The first-order valence-electron chi connectivity index (χ1n) is 8.87. The van der Waals surface area contributed by atoms with E-state index in [1.165, 1.54) is 17.9 Å². The van der Waals surface area contributed by atoms with Crippen molar-refractivity contribution < 1.29 is 36.4 Å². The van der Waals surface area contributed by atoms with Gasteiger partial charge in [-0.05, 0) is 11.1 Å². The predicted molar refractivity (Wildman–Crippen MR) is 96.8 cm³/mol. The van der Waals surface area contributed by atoms with Gasteiger partial charge < -0.3 is 9.84 Å². The van der Waals surface area contributed by atoms with E-state index in [4.69, 9.17) is 4.74 Å². The summed E-state index contributed by atoms with van der Waals surface area (Å²) in [7, 11) is 3.34. The third-order valence-electron chi connectivity index (χ3n) is 5.08. The minimum absolute atomic E-state index is 0.190. The third kappa shape index (κ3) is 3.18. The van der Waals surface area contributed by atoms with Crippen molar-refractivity contribution in [2.45, 2.75) is 12.6 Å². The largest absolute Gasteiger partial charge is 0.503 e. The monoisotopic (exact) mass is 427 g/mol. The lowest BCUT2D eigenvalue weighted by Gasteiger charge is -2.12. The Hall–Kier alpha value is -3.08. The van der Waals surface area contributed by atoms with Gasteiger partial charge in [0.05, 0.1) is 36.2 Å². The number of hydrogen-bond acceptors (Lipinski definition) is 4. The zero-order valence-electron chi connectivity index (χ0n) is 15.9. The summed E-state index contributed by atoms with van der Waals surface area (Å²) < 4.78 is 76.2. The molecule has 0 aliphatic carbocycles. The maximum absolute atomic E-state index is 14.5. The predicted octanol–water partition coefficient (Wildman–Crippen LogP) is 3.77. The van der Waals surface area contributed by atoms with Crippen molar-refractivity contribution in [1.29, 1.82) is 0 Å². The molecule has 0 bridgehead atoms. The second kappa shape index (κ2) is 7.01. The number of ether oxygens (including phenoxy) is 1. The Labute approximate surface area is 166 Å². The molecule has 1 aromatic carbocycles. The van der Waals surface area contributed by atoms with Crippen molar-refractivity contribution in [1.82, 2.24) is 14.8 Å². The van der Waals surface area contributed by atoms with Crippen LogP contribution in [-0.4, -0.2) is 50.4 Å². The van der Waals surface area contributed by atoms with E-state index >= 15 is 0 Å². The second-order valence-corrected chi connectivity index (χ2v) is 6.91. The first-order chi connectivity index (χ1) is 14.1. The molecule has 158 valence electrons. The Morgan fingerprint density at radius 3 is 2.57 bits per heavy atom. The van der Waals surface area contributed by atoms with Crippen LogP contribution < -0.4 is 0 Å². The van der Waals surface area contributed by atoms with Crippen LogP contribution in [0.3, 0.4) is 0 Å². The number of rotatable bonds is 2. The van der Waals surface area contributed by atoms with Crippen LogP contribution in [0.25, 0.3) is 22.2 Å². The smallest absolute Gasteiger partial charge is 0.419 e. The topological polar surface area (TPSA) is 63.2 Å². The summed E-state index contributed by atoms with van der Waals surface area (Å²) >= 11 is 0. The lowest BCUT2D eigenvalue weighted by molar-refractivity contribution is -0.411. The van der Waals surface area contributed by atoms with Gasteiger partial charge in [0, 0.05) is 19.0 Å². The molecule has 1 fully saturated rings. The summed E-state index contributed by atoms with van der Waals surface area (Å²) in [6, 6.07) is 1.96. The second-order valence-electron chi connectivity index (χ2n) is 6.91. The number of halogens is 5. The van der Waals surface area contributed by atoms with E-state index in [1.807, 2.05) is 11.6 Å². The molecule has 1 aliphatic rings. The highest BCUT2D eigenvalue weighted by molar-refractivity contribution is 5.94. The number of fused-ring (bicyclic) bond motifs is 1. The van der Waals surface area contributed by atoms with E-state index in [-0.39, 0.29) is 11.1 Å². The van der Waals surface area contributed by atoms with E-state index in [2.05, 4.69) is 10.1 Å². The van der Waals surface area contributed by atoms with Gasteiger partial charge in [-0.2, -0.15) is 18.3 Å². The molecule has 1 N–H and O–H groups in total. The van der Waals surface area contributed by atoms with Crippen LogP contribution in [0.5, 0.6) is 5.75 Å². The molecule has 3 heterocycles. The average Bonchev–Trinajstić information content (AvgIpc) is 3.33. The number of hydrogen-bond donors (Lipinski definition) is 1. The Morgan fingerprint density at radius 2 is 1.93 bits per heavy atom. The molecule has 30 heavy (non-hydrogen) atoms. The highest BCUT2D eigenvalue weighted by atomic mass is 19.4. The Kier molecular flexibility index (Phi) is 4.72. The van der Waals surface area contributed by atoms with E-state index in [1.54, 1.807) is 6.07 Å². The number of benzene rings is 1. The van der Waals surface area contributed by atoms with E-state index in [0.29, 0.717) is 30.6 Å². The van der Waals surface area contributed by atoms with Gasteiger partial charge in [-0.25, -0.2) is 13.4 Å². The Morgan fingerprint density at radius 1 is 1.20 bits per heavy atom. The molecular weight excluding hydrogens is 411 g/mol. The fourth-order valence-electron chi connectivity index (χ4n) is 3.40. The van der Waals surface area contributed by atoms with Crippen molar-refractivity contribution in [2.75, 3.05) is 20.3 Å². The van der Waals surface area contributed by atoms with E-state index in [9.17, 15) is 27.1 Å². The normalized spacial score (nSPS) is 16.5. The lowest BCUT2D eigenvalue weighted by Crippen LogP contribution is -2.13. The number of aromatic hydroxyl groups is 1. The van der Waals surface area contributed by atoms with Gasteiger partial charge in [0.2, 0.25) is 0 Å². The van der Waals surface area contributed by atoms with Gasteiger partial charge in [-0.1, -0.05) is 0 Å². The minimum Gasteiger partial charge on any atom is -0.503 e. The molecule has 0 radical (unpaired) electrons. The molecule has 11 heteroatoms. The maximum Gasteiger partial charge on any atom is 0.419 e. The number of phenols is 1. The number of pyridine rings is 1. The van der Waals surface area contributed by atoms with Crippen LogP contribution in [0, 0.1) is 11.6 Å². The molecule has 3 aromatic rings. The molecule has 1 aliphatic heterocycles. The summed E-state index contributed by atoms with van der Waals surface area (Å²) in [5.74, 6) is -4.75. The first kappa shape index (κ1) is 20.2. The molecule has 4 rings (SSSR count). The number of aromatic nitrogens is 3. The molecule has 0 atom stereocenters. The Bertz CT molecular complexity index is 1190. The molecule has 2 aromatic heterocycles. The van der Waals surface area contributed by atoms with Crippen LogP contribution >= 0.6 is 0 Å². The first-order valence-corrected chi connectivity index (χ1v) is 8.87. The molecular formula is C19H16F5N4O2+. The van der Waals surface area contributed by atoms with Crippen LogP contribution in [0.4, 0.5) is 27.8 Å². The summed E-state index contributed by atoms with van der Waals surface area (Å²) in [6.45, 7) is 1.07. The Balaban J connectivity index is 1.91. The summed E-state index contributed by atoms with van der Waals surface area (Å²) in [6.07, 6.45) is -3.02. The molecule has 0 unspecified atom stereocenters. The van der Waals surface area contributed by atoms with E-state index in [0.717, 1.165) is 12.1 Å².